The summed E-state index contributed by atoms with van der Waals surface area (Å²) in [4.78, 5) is 14.9. The number of hydrogen-bond donors (Lipinski definition) is 1. The molecule has 0 unspecified atom stereocenters. The van der Waals surface area contributed by atoms with Crippen LogP contribution in [0.15, 0.2) is 36.5 Å². The van der Waals surface area contributed by atoms with E-state index in [9.17, 15) is 4.79 Å². The molecule has 1 amide bonds. The molecule has 3 heteroatoms. The number of nitrogens with zero attached hydrogens (tertiary/aromatic N) is 1. The van der Waals surface area contributed by atoms with E-state index in [0.717, 1.165) is 16.5 Å². The van der Waals surface area contributed by atoms with Crippen molar-refractivity contribution in [3.8, 4) is 0 Å². The number of carbonyl (C=O) groups is 1. The zero-order valence-electron chi connectivity index (χ0n) is 7.60. The Hall–Kier alpha value is -1.90. The van der Waals surface area contributed by atoms with Gasteiger partial charge < -0.3 is 5.73 Å². The molecule has 0 aliphatic rings. The molecule has 0 aliphatic heterocycles. The molecule has 0 bridgehead atoms. The SMILES string of the molecule is NC(=O)Cc1nccc2ccccc12. The molecule has 0 aliphatic carbocycles. The van der Waals surface area contributed by atoms with Crippen LogP contribution in [0.5, 0.6) is 0 Å². The van der Waals surface area contributed by atoms with E-state index in [1.165, 1.54) is 0 Å². The maximum Gasteiger partial charge on any atom is 0.223 e. The van der Waals surface area contributed by atoms with Crippen molar-refractivity contribution >= 4 is 16.7 Å². The lowest BCUT2D eigenvalue weighted by Crippen LogP contribution is -2.14. The molecule has 0 spiro atoms. The van der Waals surface area contributed by atoms with Crippen LogP contribution >= 0.6 is 0 Å². The van der Waals surface area contributed by atoms with E-state index >= 15 is 0 Å². The maximum absolute atomic E-state index is 10.8. The Morgan fingerprint density at radius 1 is 1.29 bits per heavy atom. The Labute approximate surface area is 81.6 Å². The quantitative estimate of drug-likeness (QED) is 0.767. The number of carbonyl (C=O) groups excluding carboxylic acids is 1. The van der Waals surface area contributed by atoms with E-state index in [4.69, 9.17) is 5.73 Å². The molecular formula is C11H10N2O. The molecular weight excluding hydrogens is 176 g/mol. The van der Waals surface area contributed by atoms with Crippen LogP contribution in [0.25, 0.3) is 10.8 Å². The molecule has 2 N–H and O–H groups in total. The van der Waals surface area contributed by atoms with Gasteiger partial charge in [0, 0.05) is 11.6 Å². The van der Waals surface area contributed by atoms with Crippen LogP contribution < -0.4 is 5.73 Å². The lowest BCUT2D eigenvalue weighted by molar-refractivity contribution is -0.117. The third-order valence-electron chi connectivity index (χ3n) is 2.10. The second-order valence-electron chi connectivity index (χ2n) is 3.12. The fourth-order valence-electron chi connectivity index (χ4n) is 1.49. The molecule has 0 saturated heterocycles. The predicted octanol–water partition coefficient (Wildman–Crippen LogP) is 1.26. The lowest BCUT2D eigenvalue weighted by atomic mass is 10.1. The standard InChI is InChI=1S/C11H10N2O/c12-11(14)7-10-9-4-2-1-3-8(9)5-6-13-10/h1-6H,7H2,(H2,12,14). The highest BCUT2D eigenvalue weighted by Gasteiger charge is 2.04. The zero-order chi connectivity index (χ0) is 9.97. The first-order chi connectivity index (χ1) is 6.77. The van der Waals surface area contributed by atoms with Crippen LogP contribution in [0.1, 0.15) is 5.69 Å². The first kappa shape index (κ1) is 8.69. The number of primary amides is 1. The number of nitrogens with two attached hydrogens (primary N) is 1. The Kier molecular flexibility index (Phi) is 2.14. The van der Waals surface area contributed by atoms with Gasteiger partial charge in [0.05, 0.1) is 12.1 Å². The van der Waals surface area contributed by atoms with Crippen molar-refractivity contribution in [2.75, 3.05) is 0 Å². The normalized spacial score (nSPS) is 10.3. The van der Waals surface area contributed by atoms with E-state index in [1.807, 2.05) is 30.3 Å². The summed E-state index contributed by atoms with van der Waals surface area (Å²) in [7, 11) is 0. The van der Waals surface area contributed by atoms with Gasteiger partial charge in [0.25, 0.3) is 0 Å². The summed E-state index contributed by atoms with van der Waals surface area (Å²) in [5, 5.41) is 2.08. The van der Waals surface area contributed by atoms with Crippen molar-refractivity contribution in [1.82, 2.24) is 4.98 Å². The molecule has 0 fully saturated rings. The van der Waals surface area contributed by atoms with E-state index in [0.29, 0.717) is 0 Å². The van der Waals surface area contributed by atoms with Gasteiger partial charge in [-0.1, -0.05) is 24.3 Å². The summed E-state index contributed by atoms with van der Waals surface area (Å²) in [5.41, 5.74) is 5.88. The topological polar surface area (TPSA) is 56.0 Å². The Balaban J connectivity index is 2.59. The first-order valence-corrected chi connectivity index (χ1v) is 4.38. The molecule has 0 saturated carbocycles. The fraction of sp³-hybridized carbons (Fsp3) is 0.0909. The highest BCUT2D eigenvalue weighted by atomic mass is 16.1. The van der Waals surface area contributed by atoms with E-state index in [2.05, 4.69) is 4.98 Å². The maximum atomic E-state index is 10.8. The Morgan fingerprint density at radius 3 is 2.86 bits per heavy atom. The smallest absolute Gasteiger partial charge is 0.223 e. The molecule has 3 nitrogen and oxygen atoms in total. The minimum atomic E-state index is -0.353. The van der Waals surface area contributed by atoms with Gasteiger partial charge in [-0.3, -0.25) is 9.78 Å². The zero-order valence-corrected chi connectivity index (χ0v) is 7.60. The largest absolute Gasteiger partial charge is 0.369 e. The van der Waals surface area contributed by atoms with Crippen LogP contribution in [0.4, 0.5) is 0 Å². The van der Waals surface area contributed by atoms with Gasteiger partial charge in [0.15, 0.2) is 0 Å². The lowest BCUT2D eigenvalue weighted by Gasteiger charge is -2.02. The van der Waals surface area contributed by atoms with Gasteiger partial charge in [-0.05, 0) is 11.5 Å². The molecule has 1 aromatic carbocycles. The third-order valence-corrected chi connectivity index (χ3v) is 2.10. The molecule has 1 heterocycles. The van der Waals surface area contributed by atoms with Gasteiger partial charge in [0.2, 0.25) is 5.91 Å². The second-order valence-corrected chi connectivity index (χ2v) is 3.12. The summed E-state index contributed by atoms with van der Waals surface area (Å²) in [6.45, 7) is 0. The van der Waals surface area contributed by atoms with Crippen molar-refractivity contribution in [3.63, 3.8) is 0 Å². The van der Waals surface area contributed by atoms with Gasteiger partial charge in [0.1, 0.15) is 0 Å². The number of benzene rings is 1. The van der Waals surface area contributed by atoms with Crippen LogP contribution in [0, 0.1) is 0 Å². The average molecular weight is 186 g/mol. The van der Waals surface area contributed by atoms with Gasteiger partial charge in [-0.15, -0.1) is 0 Å². The van der Waals surface area contributed by atoms with Crippen molar-refractivity contribution in [3.05, 3.63) is 42.2 Å². The predicted molar refractivity (Wildman–Crippen MR) is 54.6 cm³/mol. The van der Waals surface area contributed by atoms with Crippen LogP contribution in [-0.4, -0.2) is 10.9 Å². The summed E-state index contributed by atoms with van der Waals surface area (Å²) >= 11 is 0. The second kappa shape index (κ2) is 3.46. The monoisotopic (exact) mass is 186 g/mol. The summed E-state index contributed by atoms with van der Waals surface area (Å²) in [6, 6.07) is 9.73. The third kappa shape index (κ3) is 1.57. The molecule has 2 aromatic rings. The van der Waals surface area contributed by atoms with E-state index in [1.54, 1.807) is 6.20 Å². The van der Waals surface area contributed by atoms with E-state index < -0.39 is 0 Å². The van der Waals surface area contributed by atoms with Crippen molar-refractivity contribution < 1.29 is 4.79 Å². The van der Waals surface area contributed by atoms with Crippen LogP contribution in [0.3, 0.4) is 0 Å². The minimum absolute atomic E-state index is 0.196. The number of rotatable bonds is 2. The highest BCUT2D eigenvalue weighted by Crippen LogP contribution is 2.16. The van der Waals surface area contributed by atoms with Crippen LogP contribution in [-0.2, 0) is 11.2 Å². The van der Waals surface area contributed by atoms with E-state index in [-0.39, 0.29) is 12.3 Å². The van der Waals surface area contributed by atoms with Gasteiger partial charge in [-0.25, -0.2) is 0 Å². The van der Waals surface area contributed by atoms with Crippen molar-refractivity contribution in [1.29, 1.82) is 0 Å². The van der Waals surface area contributed by atoms with Gasteiger partial charge in [-0.2, -0.15) is 0 Å². The molecule has 1 aromatic heterocycles. The fourth-order valence-corrected chi connectivity index (χ4v) is 1.49. The molecule has 70 valence electrons. The van der Waals surface area contributed by atoms with Gasteiger partial charge >= 0.3 is 0 Å². The molecule has 0 atom stereocenters. The molecule has 14 heavy (non-hydrogen) atoms. The minimum Gasteiger partial charge on any atom is -0.369 e. The molecule has 2 rings (SSSR count). The van der Waals surface area contributed by atoms with Crippen LogP contribution in [0.2, 0.25) is 0 Å². The first-order valence-electron chi connectivity index (χ1n) is 4.38. The number of fused-ring (bicyclic) bond motifs is 1. The highest BCUT2D eigenvalue weighted by molar-refractivity contribution is 5.88. The van der Waals surface area contributed by atoms with Crippen molar-refractivity contribution in [2.45, 2.75) is 6.42 Å². The summed E-state index contributed by atoms with van der Waals surface area (Å²) < 4.78 is 0. The number of hydrogen-bond acceptors (Lipinski definition) is 2. The Morgan fingerprint density at radius 2 is 2.07 bits per heavy atom. The summed E-state index contributed by atoms with van der Waals surface area (Å²) in [6.07, 6.45) is 1.89. The average Bonchev–Trinajstić information content (AvgIpc) is 2.18. The number of aromatic nitrogens is 1. The number of amides is 1. The van der Waals surface area contributed by atoms with Crippen molar-refractivity contribution in [2.24, 2.45) is 5.73 Å². The Bertz CT molecular complexity index is 474. The molecule has 0 radical (unpaired) electrons. The number of pyridine rings is 1. The summed E-state index contributed by atoms with van der Waals surface area (Å²) in [5.74, 6) is -0.353.